The normalized spacial score (nSPS) is 14.0. The summed E-state index contributed by atoms with van der Waals surface area (Å²) in [7, 11) is 0. The van der Waals surface area contributed by atoms with Gasteiger partial charge in [0.1, 0.15) is 0 Å². The molecule has 1 N–H and O–H groups in total. The van der Waals surface area contributed by atoms with Crippen LogP contribution < -0.4 is 5.32 Å². The molecule has 0 unspecified atom stereocenters. The second-order valence-electron chi connectivity index (χ2n) is 7.94. The number of benzene rings is 2. The zero-order chi connectivity index (χ0) is 22.2. The van der Waals surface area contributed by atoms with E-state index in [1.165, 1.54) is 6.42 Å². The van der Waals surface area contributed by atoms with E-state index in [9.17, 15) is 9.59 Å². The molecule has 0 bridgehead atoms. The molecule has 2 aromatic carbocycles. The molecular formula is C24H29Cl2N3O2. The molecule has 1 fully saturated rings. The van der Waals surface area contributed by atoms with Crippen molar-refractivity contribution in [2.75, 3.05) is 31.5 Å². The van der Waals surface area contributed by atoms with Gasteiger partial charge in [-0.1, -0.05) is 42.3 Å². The molecule has 0 spiro atoms. The van der Waals surface area contributed by atoms with Crippen LogP contribution in [0.4, 0.5) is 5.69 Å². The van der Waals surface area contributed by atoms with Crippen LogP contribution in [0.3, 0.4) is 0 Å². The second kappa shape index (κ2) is 11.5. The summed E-state index contributed by atoms with van der Waals surface area (Å²) >= 11 is 12.1. The summed E-state index contributed by atoms with van der Waals surface area (Å²) in [6, 6.07) is 12.7. The number of rotatable bonds is 8. The molecule has 0 aromatic heterocycles. The average molecular weight is 462 g/mol. The predicted octanol–water partition coefficient (Wildman–Crippen LogP) is 5.47. The van der Waals surface area contributed by atoms with Gasteiger partial charge in [0.25, 0.3) is 5.91 Å². The number of likely N-dealkylation sites (tertiary alicyclic amines) is 1. The van der Waals surface area contributed by atoms with Gasteiger partial charge in [-0.3, -0.25) is 14.5 Å². The predicted molar refractivity (Wildman–Crippen MR) is 127 cm³/mol. The van der Waals surface area contributed by atoms with Crippen LogP contribution in [-0.4, -0.2) is 47.8 Å². The second-order valence-corrected chi connectivity index (χ2v) is 8.78. The van der Waals surface area contributed by atoms with Gasteiger partial charge in [0.05, 0.1) is 17.3 Å². The van der Waals surface area contributed by atoms with Crippen molar-refractivity contribution in [2.45, 2.75) is 39.2 Å². The fourth-order valence-corrected chi connectivity index (χ4v) is 4.31. The molecule has 3 rings (SSSR count). The first kappa shape index (κ1) is 23.6. The first-order valence-electron chi connectivity index (χ1n) is 10.8. The molecule has 7 heteroatoms. The van der Waals surface area contributed by atoms with Gasteiger partial charge in [0, 0.05) is 30.2 Å². The lowest BCUT2D eigenvalue weighted by Gasteiger charge is -2.27. The maximum Gasteiger partial charge on any atom is 0.253 e. The maximum atomic E-state index is 12.8. The van der Waals surface area contributed by atoms with Crippen molar-refractivity contribution in [2.24, 2.45) is 0 Å². The Kier molecular flexibility index (Phi) is 8.76. The van der Waals surface area contributed by atoms with Crippen molar-refractivity contribution in [3.05, 3.63) is 63.6 Å². The van der Waals surface area contributed by atoms with Crippen molar-refractivity contribution in [3.8, 4) is 0 Å². The number of carbonyl (C=O) groups is 2. The van der Waals surface area contributed by atoms with Crippen LogP contribution in [0, 0.1) is 0 Å². The van der Waals surface area contributed by atoms with Crippen LogP contribution in [0.25, 0.3) is 0 Å². The zero-order valence-corrected chi connectivity index (χ0v) is 19.4. The molecule has 2 aromatic rings. The Hall–Kier alpha value is -2.08. The summed E-state index contributed by atoms with van der Waals surface area (Å²) in [5.41, 5.74) is 2.28. The number of carbonyl (C=O) groups excluding carboxylic acids is 2. The quantitative estimate of drug-likeness (QED) is 0.566. The van der Waals surface area contributed by atoms with E-state index in [0.29, 0.717) is 27.8 Å². The summed E-state index contributed by atoms with van der Waals surface area (Å²) in [6.07, 6.45) is 4.26. The van der Waals surface area contributed by atoms with Crippen molar-refractivity contribution in [1.29, 1.82) is 0 Å². The molecular weight excluding hydrogens is 433 g/mol. The molecule has 5 nitrogen and oxygen atoms in total. The SMILES string of the molecule is CCCN(CC(=O)Nc1ccc(Cl)cc1Cl)Cc1cccc(C(=O)N2CCCCC2)c1. The molecule has 1 saturated heterocycles. The Morgan fingerprint density at radius 1 is 1.06 bits per heavy atom. The summed E-state index contributed by atoms with van der Waals surface area (Å²) in [4.78, 5) is 29.4. The first-order valence-corrected chi connectivity index (χ1v) is 11.6. The number of hydrogen-bond acceptors (Lipinski definition) is 3. The van der Waals surface area contributed by atoms with E-state index in [4.69, 9.17) is 23.2 Å². The van der Waals surface area contributed by atoms with Gasteiger partial charge in [-0.15, -0.1) is 0 Å². The third-order valence-electron chi connectivity index (χ3n) is 5.34. The number of piperidine rings is 1. The van der Waals surface area contributed by atoms with Gasteiger partial charge >= 0.3 is 0 Å². The topological polar surface area (TPSA) is 52.7 Å². The number of halogens is 2. The van der Waals surface area contributed by atoms with Crippen LogP contribution in [0.5, 0.6) is 0 Å². The van der Waals surface area contributed by atoms with Crippen molar-refractivity contribution < 1.29 is 9.59 Å². The highest BCUT2D eigenvalue weighted by Crippen LogP contribution is 2.25. The molecule has 166 valence electrons. The number of nitrogens with one attached hydrogen (secondary N) is 1. The smallest absolute Gasteiger partial charge is 0.253 e. The van der Waals surface area contributed by atoms with Crippen LogP contribution >= 0.6 is 23.2 Å². The third kappa shape index (κ3) is 6.96. The standard InChI is InChI=1S/C24H29Cl2N3O2/c1-2-11-28(17-23(30)27-22-10-9-20(25)15-21(22)26)16-18-7-6-8-19(14-18)24(31)29-12-4-3-5-13-29/h6-10,14-15H,2-5,11-13,16-17H2,1H3,(H,27,30). The largest absolute Gasteiger partial charge is 0.339 e. The molecule has 0 aliphatic carbocycles. The average Bonchev–Trinajstić information content (AvgIpc) is 2.76. The third-order valence-corrected chi connectivity index (χ3v) is 5.88. The van der Waals surface area contributed by atoms with Gasteiger partial charge in [0.15, 0.2) is 0 Å². The van der Waals surface area contributed by atoms with Gasteiger partial charge < -0.3 is 10.2 Å². The molecule has 1 aliphatic heterocycles. The fourth-order valence-electron chi connectivity index (χ4n) is 3.85. The van der Waals surface area contributed by atoms with E-state index in [1.54, 1.807) is 18.2 Å². The van der Waals surface area contributed by atoms with E-state index in [0.717, 1.165) is 44.5 Å². The van der Waals surface area contributed by atoms with Crippen molar-refractivity contribution in [3.63, 3.8) is 0 Å². The van der Waals surface area contributed by atoms with Crippen LogP contribution in [0.2, 0.25) is 10.0 Å². The molecule has 0 saturated carbocycles. The van der Waals surface area contributed by atoms with E-state index < -0.39 is 0 Å². The molecule has 31 heavy (non-hydrogen) atoms. The van der Waals surface area contributed by atoms with Crippen molar-refractivity contribution in [1.82, 2.24) is 9.80 Å². The van der Waals surface area contributed by atoms with Gasteiger partial charge in [-0.25, -0.2) is 0 Å². The number of amides is 2. The highest BCUT2D eigenvalue weighted by atomic mass is 35.5. The van der Waals surface area contributed by atoms with Crippen LogP contribution in [0.15, 0.2) is 42.5 Å². The lowest BCUT2D eigenvalue weighted by Crippen LogP contribution is -2.36. The highest BCUT2D eigenvalue weighted by Gasteiger charge is 2.19. The minimum absolute atomic E-state index is 0.0960. The summed E-state index contributed by atoms with van der Waals surface area (Å²) in [5, 5.41) is 3.78. The lowest BCUT2D eigenvalue weighted by atomic mass is 10.1. The maximum absolute atomic E-state index is 12.8. The lowest BCUT2D eigenvalue weighted by molar-refractivity contribution is -0.117. The van der Waals surface area contributed by atoms with Crippen LogP contribution in [0.1, 0.15) is 48.5 Å². The van der Waals surface area contributed by atoms with Gasteiger partial charge in [-0.05, 0) is 68.1 Å². The summed E-state index contributed by atoms with van der Waals surface area (Å²) < 4.78 is 0. The van der Waals surface area contributed by atoms with E-state index in [2.05, 4.69) is 17.1 Å². The number of hydrogen-bond donors (Lipinski definition) is 1. The van der Waals surface area contributed by atoms with E-state index in [1.807, 2.05) is 29.2 Å². The number of nitrogens with zero attached hydrogens (tertiary/aromatic N) is 2. The first-order chi connectivity index (χ1) is 15.0. The fraction of sp³-hybridized carbons (Fsp3) is 0.417. The van der Waals surface area contributed by atoms with E-state index >= 15 is 0 Å². The Morgan fingerprint density at radius 3 is 2.55 bits per heavy atom. The molecule has 1 heterocycles. The minimum Gasteiger partial charge on any atom is -0.339 e. The zero-order valence-electron chi connectivity index (χ0n) is 17.9. The molecule has 1 aliphatic rings. The molecule has 2 amide bonds. The van der Waals surface area contributed by atoms with Gasteiger partial charge in [-0.2, -0.15) is 0 Å². The Bertz CT molecular complexity index is 913. The summed E-state index contributed by atoms with van der Waals surface area (Å²) in [6.45, 7) is 5.34. The monoisotopic (exact) mass is 461 g/mol. The Balaban J connectivity index is 1.63. The van der Waals surface area contributed by atoms with Gasteiger partial charge in [0.2, 0.25) is 5.91 Å². The minimum atomic E-state index is -0.141. The van der Waals surface area contributed by atoms with Crippen molar-refractivity contribution >= 4 is 40.7 Å². The molecule has 0 atom stereocenters. The Morgan fingerprint density at radius 2 is 1.84 bits per heavy atom. The molecule has 0 radical (unpaired) electrons. The van der Waals surface area contributed by atoms with Crippen LogP contribution in [-0.2, 0) is 11.3 Å². The summed E-state index contributed by atoms with van der Waals surface area (Å²) in [5.74, 6) is -0.0445. The Labute approximate surface area is 194 Å². The van der Waals surface area contributed by atoms with E-state index in [-0.39, 0.29) is 18.4 Å². The number of anilines is 1. The highest BCUT2D eigenvalue weighted by molar-refractivity contribution is 6.36.